The Morgan fingerprint density at radius 2 is 2.22 bits per heavy atom. The molecule has 6 heteroatoms. The fraction of sp³-hybridized carbons (Fsp3) is 0.833. The average molecular weight is 279 g/mol. The van der Waals surface area contributed by atoms with Crippen LogP contribution in [0.3, 0.4) is 0 Å². The first-order valence-corrected chi connectivity index (χ1v) is 6.28. The van der Waals surface area contributed by atoms with E-state index in [9.17, 15) is 9.59 Å². The van der Waals surface area contributed by atoms with Gasteiger partial charge in [-0.15, -0.1) is 12.4 Å². The first-order chi connectivity index (χ1) is 8.17. The van der Waals surface area contributed by atoms with Crippen molar-refractivity contribution in [3.8, 4) is 0 Å². The van der Waals surface area contributed by atoms with Gasteiger partial charge in [-0.25, -0.2) is 4.79 Å². The van der Waals surface area contributed by atoms with Gasteiger partial charge in [0.15, 0.2) is 0 Å². The van der Waals surface area contributed by atoms with E-state index >= 15 is 0 Å². The van der Waals surface area contributed by atoms with Crippen LogP contribution in [0, 0.1) is 0 Å². The molecule has 18 heavy (non-hydrogen) atoms. The minimum Gasteiger partial charge on any atom is -0.467 e. The number of rotatable bonds is 6. The van der Waals surface area contributed by atoms with Gasteiger partial charge in [-0.3, -0.25) is 4.79 Å². The van der Waals surface area contributed by atoms with Gasteiger partial charge >= 0.3 is 5.97 Å². The lowest BCUT2D eigenvalue weighted by Crippen LogP contribution is -2.41. The molecule has 0 radical (unpaired) electrons. The minimum atomic E-state index is -0.510. The predicted molar refractivity (Wildman–Crippen MR) is 71.7 cm³/mol. The zero-order valence-corrected chi connectivity index (χ0v) is 11.8. The van der Waals surface area contributed by atoms with E-state index in [1.165, 1.54) is 13.5 Å². The van der Waals surface area contributed by atoms with Gasteiger partial charge in [-0.1, -0.05) is 6.92 Å². The lowest BCUT2D eigenvalue weighted by atomic mass is 10.1. The van der Waals surface area contributed by atoms with E-state index in [0.717, 1.165) is 19.4 Å². The summed E-state index contributed by atoms with van der Waals surface area (Å²) < 4.78 is 4.62. The first kappa shape index (κ1) is 17.2. The predicted octanol–water partition coefficient (Wildman–Crippen LogP) is 1.01. The molecule has 2 atom stereocenters. The maximum atomic E-state index is 11.6. The number of carbonyl (C=O) groups is 2. The summed E-state index contributed by atoms with van der Waals surface area (Å²) in [6.07, 6.45) is 4.18. The van der Waals surface area contributed by atoms with Gasteiger partial charge in [0.2, 0.25) is 5.91 Å². The lowest BCUT2D eigenvalue weighted by molar-refractivity contribution is -0.145. The summed E-state index contributed by atoms with van der Waals surface area (Å²) in [5.41, 5.74) is 0. The SMILES string of the molecule is CCC(NC(=O)CCC1CCCN1)C(=O)OC.Cl. The third-order valence-electron chi connectivity index (χ3n) is 3.11. The summed E-state index contributed by atoms with van der Waals surface area (Å²) in [4.78, 5) is 22.9. The molecule has 0 aliphatic carbocycles. The molecule has 0 aromatic heterocycles. The Morgan fingerprint density at radius 1 is 1.50 bits per heavy atom. The summed E-state index contributed by atoms with van der Waals surface area (Å²) in [6, 6.07) is -0.0528. The number of nitrogens with one attached hydrogen (secondary N) is 2. The standard InChI is InChI=1S/C12H22N2O3.ClH/c1-3-10(12(16)17-2)14-11(15)7-6-9-5-4-8-13-9;/h9-10,13H,3-8H2,1-2H3,(H,14,15);1H. The molecule has 1 aliphatic heterocycles. The second-order valence-corrected chi connectivity index (χ2v) is 4.38. The molecule has 0 aromatic carbocycles. The van der Waals surface area contributed by atoms with Crippen LogP contribution in [0.5, 0.6) is 0 Å². The maximum Gasteiger partial charge on any atom is 0.328 e. The van der Waals surface area contributed by atoms with Crippen LogP contribution in [0.2, 0.25) is 0 Å². The van der Waals surface area contributed by atoms with E-state index in [4.69, 9.17) is 0 Å². The van der Waals surface area contributed by atoms with E-state index in [-0.39, 0.29) is 24.3 Å². The van der Waals surface area contributed by atoms with Gasteiger partial charge in [-0.2, -0.15) is 0 Å². The van der Waals surface area contributed by atoms with Gasteiger partial charge in [0.25, 0.3) is 0 Å². The molecule has 0 bridgehead atoms. The van der Waals surface area contributed by atoms with Crippen LogP contribution in [-0.4, -0.2) is 37.6 Å². The maximum absolute atomic E-state index is 11.6. The normalized spacial score (nSPS) is 19.8. The molecule has 0 saturated carbocycles. The molecule has 1 aliphatic rings. The van der Waals surface area contributed by atoms with Crippen molar-refractivity contribution >= 4 is 24.3 Å². The topological polar surface area (TPSA) is 67.4 Å². The van der Waals surface area contributed by atoms with E-state index < -0.39 is 6.04 Å². The fourth-order valence-electron chi connectivity index (χ4n) is 2.04. The van der Waals surface area contributed by atoms with Crippen LogP contribution in [0.15, 0.2) is 0 Å². The molecule has 2 unspecified atom stereocenters. The number of amides is 1. The van der Waals surface area contributed by atoms with Crippen molar-refractivity contribution in [2.24, 2.45) is 0 Å². The Morgan fingerprint density at radius 3 is 2.72 bits per heavy atom. The van der Waals surface area contributed by atoms with Gasteiger partial charge in [-0.05, 0) is 32.2 Å². The number of carbonyl (C=O) groups excluding carboxylic acids is 2. The zero-order valence-electron chi connectivity index (χ0n) is 11.0. The Kier molecular flexibility index (Phi) is 8.75. The lowest BCUT2D eigenvalue weighted by Gasteiger charge is -2.15. The van der Waals surface area contributed by atoms with Crippen molar-refractivity contribution < 1.29 is 14.3 Å². The van der Waals surface area contributed by atoms with Crippen molar-refractivity contribution in [1.29, 1.82) is 0 Å². The van der Waals surface area contributed by atoms with Crippen molar-refractivity contribution in [2.75, 3.05) is 13.7 Å². The molecule has 1 rings (SSSR count). The molecule has 1 amide bonds. The molecule has 2 N–H and O–H groups in total. The number of halogens is 1. The van der Waals surface area contributed by atoms with Crippen molar-refractivity contribution in [3.63, 3.8) is 0 Å². The highest BCUT2D eigenvalue weighted by atomic mass is 35.5. The van der Waals surface area contributed by atoms with Gasteiger partial charge in [0.05, 0.1) is 7.11 Å². The highest BCUT2D eigenvalue weighted by Crippen LogP contribution is 2.10. The summed E-state index contributed by atoms with van der Waals surface area (Å²) in [6.45, 7) is 2.90. The molecule has 0 aromatic rings. The Labute approximate surface area is 114 Å². The molecule has 1 saturated heterocycles. The molecular formula is C12H23ClN2O3. The third-order valence-corrected chi connectivity index (χ3v) is 3.11. The summed E-state index contributed by atoms with van der Waals surface area (Å²) in [5.74, 6) is -0.448. The molecule has 1 heterocycles. The largest absolute Gasteiger partial charge is 0.467 e. The third kappa shape index (κ3) is 5.69. The summed E-state index contributed by atoms with van der Waals surface area (Å²) in [5, 5.41) is 6.04. The van der Waals surface area contributed by atoms with E-state index in [1.807, 2.05) is 6.92 Å². The number of ether oxygens (including phenoxy) is 1. The Hall–Kier alpha value is -0.810. The number of hydrogen-bond donors (Lipinski definition) is 2. The molecule has 1 fully saturated rings. The number of esters is 1. The van der Waals surface area contributed by atoms with Gasteiger partial charge < -0.3 is 15.4 Å². The van der Waals surface area contributed by atoms with Gasteiger partial charge in [0, 0.05) is 12.5 Å². The van der Waals surface area contributed by atoms with Crippen LogP contribution in [0.1, 0.15) is 39.0 Å². The van der Waals surface area contributed by atoms with Crippen LogP contribution < -0.4 is 10.6 Å². The first-order valence-electron chi connectivity index (χ1n) is 6.28. The smallest absolute Gasteiger partial charge is 0.328 e. The molecule has 5 nitrogen and oxygen atoms in total. The van der Waals surface area contributed by atoms with Gasteiger partial charge in [0.1, 0.15) is 6.04 Å². The Bertz CT molecular complexity index is 268. The van der Waals surface area contributed by atoms with Crippen molar-refractivity contribution in [3.05, 3.63) is 0 Å². The number of methoxy groups -OCH3 is 1. The molecule has 106 valence electrons. The molecular weight excluding hydrogens is 256 g/mol. The van der Waals surface area contributed by atoms with Crippen LogP contribution >= 0.6 is 12.4 Å². The Balaban J connectivity index is 0.00000289. The van der Waals surface area contributed by atoms with Crippen molar-refractivity contribution in [1.82, 2.24) is 10.6 Å². The monoisotopic (exact) mass is 278 g/mol. The van der Waals surface area contributed by atoms with E-state index in [0.29, 0.717) is 18.9 Å². The van der Waals surface area contributed by atoms with Crippen LogP contribution in [-0.2, 0) is 14.3 Å². The number of hydrogen-bond acceptors (Lipinski definition) is 4. The second-order valence-electron chi connectivity index (χ2n) is 4.38. The highest BCUT2D eigenvalue weighted by molar-refractivity contribution is 5.85. The zero-order chi connectivity index (χ0) is 12.7. The average Bonchev–Trinajstić information content (AvgIpc) is 2.85. The van der Waals surface area contributed by atoms with Crippen molar-refractivity contribution in [2.45, 2.75) is 51.1 Å². The quantitative estimate of drug-likeness (QED) is 0.712. The minimum absolute atomic E-state index is 0. The highest BCUT2D eigenvalue weighted by Gasteiger charge is 2.20. The van der Waals surface area contributed by atoms with E-state index in [1.54, 1.807) is 0 Å². The van der Waals surface area contributed by atoms with Crippen LogP contribution in [0.4, 0.5) is 0 Å². The summed E-state index contributed by atoms with van der Waals surface area (Å²) >= 11 is 0. The van der Waals surface area contributed by atoms with E-state index in [2.05, 4.69) is 15.4 Å². The second kappa shape index (κ2) is 9.16. The van der Waals surface area contributed by atoms with Crippen LogP contribution in [0.25, 0.3) is 0 Å². The molecule has 0 spiro atoms. The summed E-state index contributed by atoms with van der Waals surface area (Å²) in [7, 11) is 1.33. The fourth-order valence-corrected chi connectivity index (χ4v) is 2.04.